The van der Waals surface area contributed by atoms with E-state index in [1.165, 1.54) is 27.3 Å². The maximum atomic E-state index is 12.9. The summed E-state index contributed by atoms with van der Waals surface area (Å²) >= 11 is 0. The molecule has 102 valence electrons. The molecule has 0 saturated heterocycles. The van der Waals surface area contributed by atoms with E-state index in [-0.39, 0.29) is 11.3 Å². The van der Waals surface area contributed by atoms with Crippen LogP contribution in [-0.2, 0) is 15.7 Å². The van der Waals surface area contributed by atoms with Crippen LogP contribution in [0.3, 0.4) is 0 Å². The first-order valence-corrected chi connectivity index (χ1v) is 5.12. The van der Waals surface area contributed by atoms with Crippen LogP contribution in [0.4, 0.5) is 13.2 Å². The van der Waals surface area contributed by atoms with Gasteiger partial charge in [-0.1, -0.05) is 0 Å². The lowest BCUT2D eigenvalue weighted by molar-refractivity contribution is -0.149. The second-order valence-electron chi connectivity index (χ2n) is 3.68. The fraction of sp³-hybridized carbons (Fsp3) is 0.545. The van der Waals surface area contributed by atoms with E-state index >= 15 is 0 Å². The molecule has 18 heavy (non-hydrogen) atoms. The highest BCUT2D eigenvalue weighted by Gasteiger charge is 2.37. The summed E-state index contributed by atoms with van der Waals surface area (Å²) in [6.45, 7) is 1.36. The van der Waals surface area contributed by atoms with Crippen molar-refractivity contribution < 1.29 is 27.8 Å². The van der Waals surface area contributed by atoms with Gasteiger partial charge < -0.3 is 14.6 Å². The van der Waals surface area contributed by atoms with E-state index in [1.807, 2.05) is 0 Å². The average molecular weight is 265 g/mol. The number of aromatic nitrogens is 1. The lowest BCUT2D eigenvalue weighted by Gasteiger charge is -2.19. The van der Waals surface area contributed by atoms with Gasteiger partial charge in [0, 0.05) is 20.4 Å². The van der Waals surface area contributed by atoms with Gasteiger partial charge in [0.1, 0.15) is 5.69 Å². The first-order valence-electron chi connectivity index (χ1n) is 5.12. The van der Waals surface area contributed by atoms with E-state index in [0.29, 0.717) is 0 Å². The molecule has 0 fully saturated rings. The number of hydrogen-bond donors (Lipinski definition) is 1. The minimum atomic E-state index is -4.59. The summed E-state index contributed by atoms with van der Waals surface area (Å²) in [4.78, 5) is 3.68. The summed E-state index contributed by atoms with van der Waals surface area (Å²) in [6, 6.07) is 0.845. The normalized spacial score (nSPS) is 14.0. The molecule has 0 aromatic carbocycles. The summed E-state index contributed by atoms with van der Waals surface area (Å²) in [6.07, 6.45) is -5.66. The summed E-state index contributed by atoms with van der Waals surface area (Å²) in [5.74, 6) is 0. The maximum Gasteiger partial charge on any atom is 0.418 e. The lowest BCUT2D eigenvalue weighted by Crippen LogP contribution is -2.17. The van der Waals surface area contributed by atoms with Gasteiger partial charge in [0.25, 0.3) is 0 Å². The number of aliphatic hydroxyl groups is 1. The van der Waals surface area contributed by atoms with Crippen LogP contribution in [0.5, 0.6) is 0 Å². The maximum absolute atomic E-state index is 12.9. The van der Waals surface area contributed by atoms with Gasteiger partial charge in [-0.15, -0.1) is 0 Å². The quantitative estimate of drug-likeness (QED) is 0.849. The van der Waals surface area contributed by atoms with Gasteiger partial charge in [-0.3, -0.25) is 4.98 Å². The Kier molecular flexibility index (Phi) is 4.66. The Hall–Kier alpha value is -1.18. The predicted molar refractivity (Wildman–Crippen MR) is 56.6 cm³/mol. The minimum absolute atomic E-state index is 0.0806. The van der Waals surface area contributed by atoms with Crippen molar-refractivity contribution in [1.29, 1.82) is 0 Å². The first-order chi connectivity index (χ1) is 8.31. The minimum Gasteiger partial charge on any atom is -0.389 e. The van der Waals surface area contributed by atoms with Crippen LogP contribution in [0, 0.1) is 0 Å². The van der Waals surface area contributed by atoms with E-state index < -0.39 is 24.1 Å². The number of rotatable bonds is 4. The van der Waals surface area contributed by atoms with E-state index in [1.54, 1.807) is 0 Å². The summed E-state index contributed by atoms with van der Waals surface area (Å²) in [5.41, 5.74) is -1.26. The number of nitrogens with zero attached hydrogens (tertiary/aromatic N) is 1. The molecule has 1 rings (SSSR count). The number of halogens is 3. The second-order valence-corrected chi connectivity index (χ2v) is 3.68. The summed E-state index contributed by atoms with van der Waals surface area (Å²) in [5, 5.41) is 9.29. The second kappa shape index (κ2) is 5.64. The standard InChI is InChI=1S/C11H14F3NO3/c1-6(16)7-4-8(11(12,13)14)9(15-5-7)10(17-2)18-3/h4-6,10,16H,1-3H3. The van der Waals surface area contributed by atoms with Crippen molar-refractivity contribution in [2.24, 2.45) is 0 Å². The Labute approximate surface area is 102 Å². The summed E-state index contributed by atoms with van der Waals surface area (Å²) < 4.78 is 48.2. The average Bonchev–Trinajstić information content (AvgIpc) is 2.29. The molecule has 1 N–H and O–H groups in total. The van der Waals surface area contributed by atoms with Crippen molar-refractivity contribution in [2.75, 3.05) is 14.2 Å². The zero-order chi connectivity index (χ0) is 13.9. The highest BCUT2D eigenvalue weighted by Crippen LogP contribution is 2.35. The van der Waals surface area contributed by atoms with Crippen LogP contribution in [-0.4, -0.2) is 24.3 Å². The Bertz CT molecular complexity index is 403. The van der Waals surface area contributed by atoms with Gasteiger partial charge in [0.2, 0.25) is 6.29 Å². The van der Waals surface area contributed by atoms with Crippen molar-refractivity contribution in [1.82, 2.24) is 4.98 Å². The zero-order valence-corrected chi connectivity index (χ0v) is 10.2. The van der Waals surface area contributed by atoms with Gasteiger partial charge in [-0.2, -0.15) is 13.2 Å². The van der Waals surface area contributed by atoms with Crippen LogP contribution in [0.2, 0.25) is 0 Å². The van der Waals surface area contributed by atoms with Gasteiger partial charge >= 0.3 is 6.18 Å². The number of ether oxygens (including phenoxy) is 2. The first kappa shape index (κ1) is 14.9. The number of methoxy groups -OCH3 is 2. The van der Waals surface area contributed by atoms with Crippen LogP contribution in [0.25, 0.3) is 0 Å². The van der Waals surface area contributed by atoms with E-state index in [4.69, 9.17) is 9.47 Å². The van der Waals surface area contributed by atoms with E-state index in [9.17, 15) is 18.3 Å². The van der Waals surface area contributed by atoms with Crippen LogP contribution in [0.1, 0.15) is 36.1 Å². The molecular weight excluding hydrogens is 251 g/mol. The number of aliphatic hydroxyl groups excluding tert-OH is 1. The molecule has 1 unspecified atom stereocenters. The molecule has 1 aromatic heterocycles. The number of hydrogen-bond acceptors (Lipinski definition) is 4. The van der Waals surface area contributed by atoms with Gasteiger partial charge in [0.05, 0.1) is 11.7 Å². The smallest absolute Gasteiger partial charge is 0.389 e. The molecular formula is C11H14F3NO3. The molecule has 1 aromatic rings. The molecule has 0 amide bonds. The topological polar surface area (TPSA) is 51.6 Å². The molecule has 0 aliphatic rings. The molecule has 0 aliphatic carbocycles. The lowest BCUT2D eigenvalue weighted by atomic mass is 10.1. The van der Waals surface area contributed by atoms with Gasteiger partial charge in [-0.25, -0.2) is 0 Å². The fourth-order valence-electron chi connectivity index (χ4n) is 1.45. The van der Waals surface area contributed by atoms with Crippen LogP contribution >= 0.6 is 0 Å². The van der Waals surface area contributed by atoms with E-state index in [0.717, 1.165) is 6.07 Å². The zero-order valence-electron chi connectivity index (χ0n) is 10.2. The van der Waals surface area contributed by atoms with Gasteiger partial charge in [0.15, 0.2) is 0 Å². The molecule has 1 heterocycles. The molecule has 0 saturated carbocycles. The molecule has 4 nitrogen and oxygen atoms in total. The molecule has 1 atom stereocenters. The van der Waals surface area contributed by atoms with Crippen LogP contribution < -0.4 is 0 Å². The molecule has 0 radical (unpaired) electrons. The highest BCUT2D eigenvalue weighted by molar-refractivity contribution is 5.29. The molecule has 0 bridgehead atoms. The summed E-state index contributed by atoms with van der Waals surface area (Å²) in [7, 11) is 2.44. The third-order valence-corrected chi connectivity index (χ3v) is 2.38. The van der Waals surface area contributed by atoms with E-state index in [2.05, 4.69) is 4.98 Å². The Balaban J connectivity index is 3.34. The monoisotopic (exact) mass is 265 g/mol. The Morgan fingerprint density at radius 1 is 1.28 bits per heavy atom. The van der Waals surface area contributed by atoms with Crippen molar-refractivity contribution in [3.63, 3.8) is 0 Å². The molecule has 0 aliphatic heterocycles. The third kappa shape index (κ3) is 3.18. The number of alkyl halides is 3. The molecule has 0 spiro atoms. The molecule has 7 heteroatoms. The third-order valence-electron chi connectivity index (χ3n) is 2.38. The fourth-order valence-corrected chi connectivity index (χ4v) is 1.45. The largest absolute Gasteiger partial charge is 0.418 e. The van der Waals surface area contributed by atoms with Crippen molar-refractivity contribution in [2.45, 2.75) is 25.5 Å². The highest BCUT2D eigenvalue weighted by atomic mass is 19.4. The van der Waals surface area contributed by atoms with Crippen LogP contribution in [0.15, 0.2) is 12.3 Å². The Morgan fingerprint density at radius 2 is 1.83 bits per heavy atom. The van der Waals surface area contributed by atoms with Crippen molar-refractivity contribution >= 4 is 0 Å². The van der Waals surface area contributed by atoms with Crippen molar-refractivity contribution in [3.05, 3.63) is 29.1 Å². The Morgan fingerprint density at radius 3 is 2.22 bits per heavy atom. The SMILES string of the molecule is COC(OC)c1ncc(C(C)O)cc1C(F)(F)F. The number of pyridine rings is 1. The van der Waals surface area contributed by atoms with Crippen molar-refractivity contribution in [3.8, 4) is 0 Å². The van der Waals surface area contributed by atoms with Gasteiger partial charge in [-0.05, 0) is 18.6 Å². The predicted octanol–water partition coefficient (Wildman–Crippen LogP) is 2.45.